The summed E-state index contributed by atoms with van der Waals surface area (Å²) in [4.78, 5) is 25.5. The minimum Gasteiger partial charge on any atom is -0.475 e. The molecule has 2 aliphatic rings. The zero-order chi connectivity index (χ0) is 29.3. The van der Waals surface area contributed by atoms with Crippen LogP contribution in [0.2, 0.25) is 0 Å². The SMILES string of the molecule is Cc1ccc(CN2CCOCC3(CCC(CN(C)C(C)C)O3)C2)s1.O=C(O)C(F)(F)F.O=C(O)C(F)(F)F. The van der Waals surface area contributed by atoms with Gasteiger partial charge >= 0.3 is 24.3 Å². The quantitative estimate of drug-likeness (QED) is 0.495. The highest BCUT2D eigenvalue weighted by Crippen LogP contribution is 2.34. The minimum absolute atomic E-state index is 0.106. The number of alkyl halides is 6. The molecule has 1 aromatic heterocycles. The molecule has 2 fully saturated rings. The van der Waals surface area contributed by atoms with E-state index in [9.17, 15) is 26.3 Å². The molecule has 8 nitrogen and oxygen atoms in total. The van der Waals surface area contributed by atoms with Crippen LogP contribution in [0.3, 0.4) is 0 Å². The van der Waals surface area contributed by atoms with Crippen LogP contribution in [0.5, 0.6) is 0 Å². The summed E-state index contributed by atoms with van der Waals surface area (Å²) in [6.45, 7) is 12.2. The van der Waals surface area contributed by atoms with Crippen LogP contribution in [-0.2, 0) is 25.6 Å². The van der Waals surface area contributed by atoms with E-state index in [1.54, 1.807) is 0 Å². The highest BCUT2D eigenvalue weighted by molar-refractivity contribution is 7.11. The van der Waals surface area contributed by atoms with Crippen molar-refractivity contribution in [1.82, 2.24) is 9.80 Å². The highest BCUT2D eigenvalue weighted by atomic mass is 32.1. The number of likely N-dealkylation sites (N-methyl/N-ethyl adjacent to an activating group) is 1. The number of nitrogens with zero attached hydrogens (tertiary/aromatic N) is 2. The molecule has 2 atom stereocenters. The Morgan fingerprint density at radius 2 is 1.71 bits per heavy atom. The fourth-order valence-corrected chi connectivity index (χ4v) is 4.62. The maximum Gasteiger partial charge on any atom is 0.490 e. The van der Waals surface area contributed by atoms with Crippen LogP contribution >= 0.6 is 11.3 Å². The molecular weight excluding hydrogens is 546 g/mol. The second-order valence-corrected chi connectivity index (χ2v) is 10.7. The molecule has 0 amide bonds. The van der Waals surface area contributed by atoms with E-state index in [1.807, 2.05) is 11.3 Å². The summed E-state index contributed by atoms with van der Waals surface area (Å²) >= 11 is 1.90. The first-order valence-corrected chi connectivity index (χ1v) is 12.5. The predicted octanol–water partition coefficient (Wildman–Crippen LogP) is 4.41. The van der Waals surface area contributed by atoms with Crippen molar-refractivity contribution in [3.05, 3.63) is 21.9 Å². The number of thiophene rings is 1. The second kappa shape index (κ2) is 14.4. The lowest BCUT2D eigenvalue weighted by atomic mass is 10.00. The van der Waals surface area contributed by atoms with Gasteiger partial charge in [0.1, 0.15) is 5.60 Å². The number of carboxylic acids is 2. The van der Waals surface area contributed by atoms with Crippen LogP contribution in [0.1, 0.15) is 36.4 Å². The Balaban J connectivity index is 0.000000426. The van der Waals surface area contributed by atoms with Gasteiger partial charge in [0.25, 0.3) is 0 Å². The smallest absolute Gasteiger partial charge is 0.475 e. The molecule has 2 saturated heterocycles. The van der Waals surface area contributed by atoms with E-state index in [0.717, 1.165) is 52.2 Å². The molecule has 0 aliphatic carbocycles. The molecule has 0 radical (unpaired) electrons. The third-order valence-electron chi connectivity index (χ3n) is 5.80. The van der Waals surface area contributed by atoms with E-state index < -0.39 is 24.3 Å². The molecule has 2 N–H and O–H groups in total. The van der Waals surface area contributed by atoms with Gasteiger partial charge in [0.15, 0.2) is 0 Å². The van der Waals surface area contributed by atoms with E-state index in [2.05, 4.69) is 49.8 Å². The third kappa shape index (κ3) is 12.3. The first kappa shape index (κ1) is 34.1. The first-order valence-electron chi connectivity index (χ1n) is 11.7. The second-order valence-electron chi connectivity index (χ2n) is 9.38. The average Bonchev–Trinajstić information content (AvgIpc) is 3.29. The molecule has 1 aromatic rings. The van der Waals surface area contributed by atoms with Gasteiger partial charge in [0.2, 0.25) is 0 Å². The molecule has 220 valence electrons. The Kier molecular flexibility index (Phi) is 13.0. The zero-order valence-corrected chi connectivity index (χ0v) is 22.4. The lowest BCUT2D eigenvalue weighted by Crippen LogP contribution is -2.45. The van der Waals surface area contributed by atoms with Gasteiger partial charge in [0.05, 0.1) is 19.3 Å². The molecule has 0 bridgehead atoms. The summed E-state index contributed by atoms with van der Waals surface area (Å²) < 4.78 is 76.0. The molecule has 2 unspecified atom stereocenters. The van der Waals surface area contributed by atoms with Crippen molar-refractivity contribution in [1.29, 1.82) is 0 Å². The van der Waals surface area contributed by atoms with Crippen LogP contribution in [0.4, 0.5) is 26.3 Å². The molecule has 2 aliphatic heterocycles. The van der Waals surface area contributed by atoms with Gasteiger partial charge in [-0.15, -0.1) is 11.3 Å². The maximum atomic E-state index is 10.6. The summed E-state index contributed by atoms with van der Waals surface area (Å²) in [6, 6.07) is 5.04. The topological polar surface area (TPSA) is 99.5 Å². The highest BCUT2D eigenvalue weighted by Gasteiger charge is 2.43. The number of rotatable bonds is 5. The fourth-order valence-electron chi connectivity index (χ4n) is 3.69. The molecule has 38 heavy (non-hydrogen) atoms. The normalized spacial score (nSPS) is 22.5. The van der Waals surface area contributed by atoms with Crippen LogP contribution in [0.15, 0.2) is 12.1 Å². The van der Waals surface area contributed by atoms with Gasteiger partial charge in [-0.1, -0.05) is 0 Å². The number of halogens is 6. The maximum absolute atomic E-state index is 10.6. The summed E-state index contributed by atoms with van der Waals surface area (Å²) in [5.74, 6) is -5.51. The predicted molar refractivity (Wildman–Crippen MR) is 127 cm³/mol. The molecule has 3 heterocycles. The van der Waals surface area contributed by atoms with E-state index in [1.165, 1.54) is 9.75 Å². The van der Waals surface area contributed by atoms with Crippen molar-refractivity contribution in [3.63, 3.8) is 0 Å². The molecule has 3 rings (SSSR count). The zero-order valence-electron chi connectivity index (χ0n) is 21.6. The monoisotopic (exact) mass is 580 g/mol. The number of hydrogen-bond acceptors (Lipinski definition) is 7. The van der Waals surface area contributed by atoms with Crippen LogP contribution in [-0.4, -0.2) is 102 Å². The fraction of sp³-hybridized carbons (Fsp3) is 0.739. The Labute approximate surface area is 221 Å². The Morgan fingerprint density at radius 3 is 2.16 bits per heavy atom. The summed E-state index contributed by atoms with van der Waals surface area (Å²) in [5, 5.41) is 14.2. The molecule has 0 saturated carbocycles. The van der Waals surface area contributed by atoms with Crippen molar-refractivity contribution < 1.29 is 55.6 Å². The molecule has 1 spiro atoms. The average molecular weight is 581 g/mol. The number of aryl methyl sites for hydroxylation is 1. The largest absolute Gasteiger partial charge is 0.490 e. The van der Waals surface area contributed by atoms with E-state index in [4.69, 9.17) is 29.3 Å². The van der Waals surface area contributed by atoms with Crippen LogP contribution in [0.25, 0.3) is 0 Å². The summed E-state index contributed by atoms with van der Waals surface area (Å²) in [5.41, 5.74) is -0.106. The molecule has 0 aromatic carbocycles. The van der Waals surface area contributed by atoms with Crippen molar-refractivity contribution in [2.45, 2.75) is 70.3 Å². The van der Waals surface area contributed by atoms with Gasteiger partial charge in [-0.3, -0.25) is 4.90 Å². The molecule has 15 heteroatoms. The van der Waals surface area contributed by atoms with Gasteiger partial charge in [-0.25, -0.2) is 9.59 Å². The van der Waals surface area contributed by atoms with Gasteiger partial charge < -0.3 is 24.6 Å². The third-order valence-corrected chi connectivity index (χ3v) is 6.79. The standard InChI is InChI=1S/C19H32N2O2S.2C2HF3O2/c1-15(2)20(4)11-17-7-8-19(23-17)13-21(9-10-22-14-19)12-18-6-5-16(3)24-18;2*3-2(4,5)1(6)7/h5-6,15,17H,7-14H2,1-4H3;2*(H,6,7). The van der Waals surface area contributed by atoms with E-state index in [0.29, 0.717) is 12.1 Å². The van der Waals surface area contributed by atoms with E-state index >= 15 is 0 Å². The van der Waals surface area contributed by atoms with Gasteiger partial charge in [-0.2, -0.15) is 26.3 Å². The van der Waals surface area contributed by atoms with Crippen molar-refractivity contribution >= 4 is 23.3 Å². The van der Waals surface area contributed by atoms with Crippen LogP contribution < -0.4 is 0 Å². The summed E-state index contributed by atoms with van der Waals surface area (Å²) in [6.07, 6.45) is -7.57. The number of aliphatic carboxylic acids is 2. The number of carboxylic acid groups (broad SMARTS) is 2. The van der Waals surface area contributed by atoms with Gasteiger partial charge in [0, 0.05) is 42.0 Å². The number of hydrogen-bond donors (Lipinski definition) is 2. The number of carbonyl (C=O) groups is 2. The first-order chi connectivity index (χ1) is 17.3. The minimum atomic E-state index is -5.08. The Morgan fingerprint density at radius 1 is 1.16 bits per heavy atom. The lowest BCUT2D eigenvalue weighted by Gasteiger charge is -2.33. The Bertz CT molecular complexity index is 870. The van der Waals surface area contributed by atoms with Crippen molar-refractivity contribution in [3.8, 4) is 0 Å². The summed E-state index contributed by atoms with van der Waals surface area (Å²) in [7, 11) is 2.19. The van der Waals surface area contributed by atoms with Crippen LogP contribution in [0, 0.1) is 6.92 Å². The Hall–Kier alpha value is -1.94. The number of ether oxygens (including phenoxy) is 2. The molecular formula is C23H34F6N2O6S. The lowest BCUT2D eigenvalue weighted by molar-refractivity contribution is -0.193. The van der Waals surface area contributed by atoms with Crippen molar-refractivity contribution in [2.75, 3.05) is 39.9 Å². The van der Waals surface area contributed by atoms with Crippen molar-refractivity contribution in [2.24, 2.45) is 0 Å². The van der Waals surface area contributed by atoms with Gasteiger partial charge in [-0.05, 0) is 52.8 Å². The van der Waals surface area contributed by atoms with E-state index in [-0.39, 0.29) is 5.60 Å².